The van der Waals surface area contributed by atoms with E-state index in [1.54, 1.807) is 18.2 Å². The van der Waals surface area contributed by atoms with Crippen molar-refractivity contribution < 1.29 is 13.2 Å². The number of rotatable bonds is 2. The van der Waals surface area contributed by atoms with E-state index >= 15 is 0 Å². The van der Waals surface area contributed by atoms with Gasteiger partial charge in [-0.15, -0.1) is 0 Å². The second-order valence-corrected chi connectivity index (χ2v) is 4.60. The Kier molecular flexibility index (Phi) is 3.96. The fourth-order valence-electron chi connectivity index (χ4n) is 1.76. The Labute approximate surface area is 123 Å². The number of hydrogen-bond donors (Lipinski definition) is 2. The van der Waals surface area contributed by atoms with Crippen LogP contribution in [0.2, 0.25) is 5.02 Å². The minimum Gasteiger partial charge on any atom is -0.396 e. The monoisotopic (exact) mass is 311 g/mol. The van der Waals surface area contributed by atoms with Crippen LogP contribution in [0.15, 0.2) is 36.4 Å². The number of benzene rings is 2. The van der Waals surface area contributed by atoms with Crippen LogP contribution in [0.25, 0.3) is 0 Å². The van der Waals surface area contributed by atoms with Gasteiger partial charge < -0.3 is 11.1 Å². The van der Waals surface area contributed by atoms with Crippen molar-refractivity contribution in [2.45, 2.75) is 6.18 Å². The van der Waals surface area contributed by atoms with Crippen molar-refractivity contribution in [3.8, 4) is 6.07 Å². The van der Waals surface area contributed by atoms with Gasteiger partial charge in [-0.1, -0.05) is 17.7 Å². The lowest BCUT2D eigenvalue weighted by Gasteiger charge is -2.14. The minimum absolute atomic E-state index is 0.162. The zero-order chi connectivity index (χ0) is 15.6. The Bertz CT molecular complexity index is 720. The van der Waals surface area contributed by atoms with E-state index in [4.69, 9.17) is 22.6 Å². The van der Waals surface area contributed by atoms with Crippen molar-refractivity contribution in [1.82, 2.24) is 0 Å². The summed E-state index contributed by atoms with van der Waals surface area (Å²) in [4.78, 5) is 0. The number of alkyl halides is 3. The van der Waals surface area contributed by atoms with Gasteiger partial charge in [-0.25, -0.2) is 0 Å². The molecule has 3 nitrogen and oxygen atoms in total. The molecule has 0 aliphatic carbocycles. The summed E-state index contributed by atoms with van der Waals surface area (Å²) in [7, 11) is 0. The van der Waals surface area contributed by atoms with Gasteiger partial charge in [0.15, 0.2) is 0 Å². The highest BCUT2D eigenvalue weighted by molar-refractivity contribution is 6.33. The van der Waals surface area contributed by atoms with Crippen molar-refractivity contribution in [3.05, 3.63) is 52.5 Å². The fourth-order valence-corrected chi connectivity index (χ4v) is 1.93. The first-order valence-corrected chi connectivity index (χ1v) is 6.13. The molecule has 2 aromatic rings. The maximum atomic E-state index is 12.9. The first-order valence-electron chi connectivity index (χ1n) is 5.75. The Morgan fingerprint density at radius 1 is 1.19 bits per heavy atom. The summed E-state index contributed by atoms with van der Waals surface area (Å²) in [6, 6.07) is 9.63. The molecule has 0 bridgehead atoms. The first-order chi connectivity index (χ1) is 9.82. The molecular formula is C14H9ClF3N3. The van der Waals surface area contributed by atoms with E-state index in [9.17, 15) is 13.2 Å². The van der Waals surface area contributed by atoms with E-state index in [1.807, 2.05) is 0 Å². The van der Waals surface area contributed by atoms with Gasteiger partial charge in [0.2, 0.25) is 0 Å². The third kappa shape index (κ3) is 3.20. The number of para-hydroxylation sites is 1. The summed E-state index contributed by atoms with van der Waals surface area (Å²) in [5.41, 5.74) is 5.08. The third-order valence-corrected chi connectivity index (χ3v) is 3.11. The number of anilines is 3. The largest absolute Gasteiger partial charge is 0.417 e. The van der Waals surface area contributed by atoms with Crippen LogP contribution in [0.4, 0.5) is 30.2 Å². The SMILES string of the molecule is N#Cc1ccc(Nc2cccc(Cl)c2N)cc1C(F)(F)F. The average molecular weight is 312 g/mol. The maximum absolute atomic E-state index is 12.9. The molecular weight excluding hydrogens is 303 g/mol. The molecule has 2 rings (SSSR count). The highest BCUT2D eigenvalue weighted by Gasteiger charge is 2.33. The van der Waals surface area contributed by atoms with Gasteiger partial charge in [0, 0.05) is 5.69 Å². The van der Waals surface area contributed by atoms with Crippen LogP contribution in [0.5, 0.6) is 0 Å². The lowest BCUT2D eigenvalue weighted by atomic mass is 10.1. The van der Waals surface area contributed by atoms with Crippen LogP contribution < -0.4 is 11.1 Å². The predicted molar refractivity (Wildman–Crippen MR) is 75.3 cm³/mol. The molecule has 0 unspecified atom stereocenters. The third-order valence-electron chi connectivity index (χ3n) is 2.78. The van der Waals surface area contributed by atoms with Crippen molar-refractivity contribution in [2.75, 3.05) is 11.1 Å². The lowest BCUT2D eigenvalue weighted by Crippen LogP contribution is -2.08. The molecule has 0 atom stereocenters. The quantitative estimate of drug-likeness (QED) is 0.799. The summed E-state index contributed by atoms with van der Waals surface area (Å²) in [5, 5.41) is 11.8. The van der Waals surface area contributed by atoms with Gasteiger partial charge in [-0.3, -0.25) is 0 Å². The number of halogens is 4. The smallest absolute Gasteiger partial charge is 0.396 e. The molecule has 0 spiro atoms. The number of nitrogens with one attached hydrogen (secondary N) is 1. The van der Waals surface area contributed by atoms with Gasteiger partial charge in [0.05, 0.1) is 33.6 Å². The van der Waals surface area contributed by atoms with Gasteiger partial charge >= 0.3 is 6.18 Å². The van der Waals surface area contributed by atoms with Gasteiger partial charge in [-0.05, 0) is 30.3 Å². The van der Waals surface area contributed by atoms with E-state index in [0.717, 1.165) is 12.1 Å². The highest BCUT2D eigenvalue weighted by Crippen LogP contribution is 2.35. The summed E-state index contributed by atoms with van der Waals surface area (Å²) in [6.07, 6.45) is -4.61. The predicted octanol–water partition coefficient (Wildman–Crippen LogP) is 4.56. The van der Waals surface area contributed by atoms with Crippen molar-refractivity contribution in [2.24, 2.45) is 0 Å². The van der Waals surface area contributed by atoms with Crippen LogP contribution in [0.3, 0.4) is 0 Å². The second-order valence-electron chi connectivity index (χ2n) is 4.20. The van der Waals surface area contributed by atoms with E-state index < -0.39 is 17.3 Å². The van der Waals surface area contributed by atoms with Gasteiger partial charge in [0.25, 0.3) is 0 Å². The van der Waals surface area contributed by atoms with Crippen molar-refractivity contribution >= 4 is 28.7 Å². The minimum atomic E-state index is -4.61. The van der Waals surface area contributed by atoms with Crippen LogP contribution in [-0.2, 0) is 6.18 Å². The van der Waals surface area contributed by atoms with E-state index in [0.29, 0.717) is 10.7 Å². The first kappa shape index (κ1) is 15.0. The second kappa shape index (κ2) is 5.54. The molecule has 108 valence electrons. The summed E-state index contributed by atoms with van der Waals surface area (Å²) in [6.45, 7) is 0. The van der Waals surface area contributed by atoms with Crippen LogP contribution >= 0.6 is 11.6 Å². The molecule has 0 aromatic heterocycles. The molecule has 0 radical (unpaired) electrons. The summed E-state index contributed by atoms with van der Waals surface area (Å²) in [5.74, 6) is 0. The summed E-state index contributed by atoms with van der Waals surface area (Å²) >= 11 is 5.84. The molecule has 0 fully saturated rings. The standard InChI is InChI=1S/C14H9ClF3N3/c15-11-2-1-3-12(13(11)20)21-9-5-4-8(7-19)10(6-9)14(16,17)18/h1-6,21H,20H2. The van der Waals surface area contributed by atoms with Crippen LogP contribution in [-0.4, -0.2) is 0 Å². The molecule has 0 aliphatic rings. The Morgan fingerprint density at radius 3 is 2.52 bits per heavy atom. The molecule has 0 heterocycles. The Hall–Kier alpha value is -2.39. The molecule has 0 saturated heterocycles. The molecule has 0 saturated carbocycles. The van der Waals surface area contributed by atoms with Crippen molar-refractivity contribution in [1.29, 1.82) is 5.26 Å². The molecule has 0 aliphatic heterocycles. The molecule has 21 heavy (non-hydrogen) atoms. The molecule has 2 aromatic carbocycles. The maximum Gasteiger partial charge on any atom is 0.417 e. The zero-order valence-electron chi connectivity index (χ0n) is 10.5. The summed E-state index contributed by atoms with van der Waals surface area (Å²) < 4.78 is 38.6. The highest BCUT2D eigenvalue weighted by atomic mass is 35.5. The number of nitrogen functional groups attached to an aromatic ring is 1. The van der Waals surface area contributed by atoms with E-state index in [1.165, 1.54) is 12.1 Å². The number of nitriles is 1. The molecule has 0 amide bonds. The topological polar surface area (TPSA) is 61.8 Å². The van der Waals surface area contributed by atoms with Gasteiger partial charge in [0.1, 0.15) is 0 Å². The average Bonchev–Trinajstić information content (AvgIpc) is 2.43. The van der Waals surface area contributed by atoms with E-state index in [-0.39, 0.29) is 11.4 Å². The normalized spacial score (nSPS) is 11.0. The molecule has 3 N–H and O–H groups in total. The molecule has 7 heteroatoms. The fraction of sp³-hybridized carbons (Fsp3) is 0.0714. The Morgan fingerprint density at radius 2 is 1.90 bits per heavy atom. The number of hydrogen-bond acceptors (Lipinski definition) is 3. The lowest BCUT2D eigenvalue weighted by molar-refractivity contribution is -0.137. The number of nitrogens with two attached hydrogens (primary N) is 1. The van der Waals surface area contributed by atoms with Crippen LogP contribution in [0, 0.1) is 11.3 Å². The zero-order valence-corrected chi connectivity index (χ0v) is 11.3. The Balaban J connectivity index is 2.43. The number of nitrogens with zero attached hydrogens (tertiary/aromatic N) is 1. The van der Waals surface area contributed by atoms with Crippen molar-refractivity contribution in [3.63, 3.8) is 0 Å². The van der Waals surface area contributed by atoms with Gasteiger partial charge in [-0.2, -0.15) is 18.4 Å². The van der Waals surface area contributed by atoms with Crippen LogP contribution in [0.1, 0.15) is 11.1 Å². The van der Waals surface area contributed by atoms with E-state index in [2.05, 4.69) is 5.32 Å².